The van der Waals surface area contributed by atoms with Gasteiger partial charge in [-0.3, -0.25) is 0 Å². The summed E-state index contributed by atoms with van der Waals surface area (Å²) in [7, 11) is 0. The van der Waals surface area contributed by atoms with Crippen LogP contribution in [0.3, 0.4) is 0 Å². The maximum atomic E-state index is 12.8. The summed E-state index contributed by atoms with van der Waals surface area (Å²) < 4.78 is 43.4. The minimum absolute atomic E-state index is 0.170. The van der Waals surface area contributed by atoms with Gasteiger partial charge in [-0.1, -0.05) is 24.3 Å². The molecule has 2 aromatic rings. The predicted octanol–water partition coefficient (Wildman–Crippen LogP) is 3.93. The molecule has 0 aliphatic heterocycles. The molecule has 0 heterocycles. The van der Waals surface area contributed by atoms with Gasteiger partial charge in [0, 0.05) is 0 Å². The van der Waals surface area contributed by atoms with Crippen molar-refractivity contribution < 1.29 is 22.7 Å². The number of hydrogen-bond acceptors (Lipinski definition) is 3. The molecule has 0 saturated carbocycles. The first kappa shape index (κ1) is 15.6. The minimum Gasteiger partial charge on any atom is -0.457 e. The van der Waals surface area contributed by atoms with E-state index >= 15 is 0 Å². The molecule has 0 aliphatic rings. The molecule has 112 valence electrons. The number of alkyl halides is 3. The fraction of sp³-hybridized carbons (Fsp3) is 0.125. The van der Waals surface area contributed by atoms with Crippen LogP contribution < -0.4 is 0 Å². The van der Waals surface area contributed by atoms with Crippen molar-refractivity contribution in [1.82, 2.24) is 0 Å². The van der Waals surface area contributed by atoms with Crippen molar-refractivity contribution in [2.45, 2.75) is 12.8 Å². The Balaban J connectivity index is 2.11. The lowest BCUT2D eigenvalue weighted by atomic mass is 10.1. The Kier molecular flexibility index (Phi) is 4.47. The highest BCUT2D eigenvalue weighted by atomic mass is 19.4. The third-order valence-corrected chi connectivity index (χ3v) is 2.91. The fourth-order valence-electron chi connectivity index (χ4n) is 1.81. The molecule has 2 aromatic carbocycles. The second kappa shape index (κ2) is 6.31. The van der Waals surface area contributed by atoms with Crippen molar-refractivity contribution in [3.05, 3.63) is 70.8 Å². The Hall–Kier alpha value is -2.81. The number of rotatable bonds is 3. The maximum absolute atomic E-state index is 12.8. The molecule has 0 aliphatic carbocycles. The van der Waals surface area contributed by atoms with Crippen LogP contribution in [-0.4, -0.2) is 5.97 Å². The molecule has 0 fully saturated rings. The van der Waals surface area contributed by atoms with Crippen LogP contribution in [0.4, 0.5) is 13.2 Å². The van der Waals surface area contributed by atoms with Gasteiger partial charge in [0.1, 0.15) is 6.61 Å². The number of carbonyl (C=O) groups excluding carboxylic acids is 1. The second-order valence-electron chi connectivity index (χ2n) is 4.43. The molecule has 0 spiro atoms. The lowest BCUT2D eigenvalue weighted by molar-refractivity contribution is -0.138. The van der Waals surface area contributed by atoms with Crippen molar-refractivity contribution in [3.8, 4) is 6.07 Å². The lowest BCUT2D eigenvalue weighted by Crippen LogP contribution is -2.14. The maximum Gasteiger partial charge on any atom is 0.417 e. The van der Waals surface area contributed by atoms with E-state index in [1.165, 1.54) is 24.3 Å². The molecule has 6 heteroatoms. The largest absolute Gasteiger partial charge is 0.457 e. The van der Waals surface area contributed by atoms with Crippen molar-refractivity contribution >= 4 is 5.97 Å². The van der Waals surface area contributed by atoms with E-state index in [0.717, 1.165) is 12.1 Å². The van der Waals surface area contributed by atoms with Crippen molar-refractivity contribution in [2.75, 3.05) is 0 Å². The van der Waals surface area contributed by atoms with Crippen LogP contribution >= 0.6 is 0 Å². The number of nitrogens with zero attached hydrogens (tertiary/aromatic N) is 1. The van der Waals surface area contributed by atoms with Crippen LogP contribution in [-0.2, 0) is 17.5 Å². The number of benzene rings is 2. The van der Waals surface area contributed by atoms with Gasteiger partial charge in [-0.25, -0.2) is 4.79 Å². The number of esters is 1. The Morgan fingerprint density at radius 2 is 1.73 bits per heavy atom. The van der Waals surface area contributed by atoms with E-state index < -0.39 is 23.3 Å². The Bertz CT molecular complexity index is 715. The topological polar surface area (TPSA) is 50.1 Å². The summed E-state index contributed by atoms with van der Waals surface area (Å²) in [5.41, 5.74) is -0.530. The van der Waals surface area contributed by atoms with E-state index in [0.29, 0.717) is 11.1 Å². The molecule has 0 amide bonds. The van der Waals surface area contributed by atoms with Gasteiger partial charge in [0.25, 0.3) is 0 Å². The molecule has 22 heavy (non-hydrogen) atoms. The zero-order chi connectivity index (χ0) is 16.2. The van der Waals surface area contributed by atoms with E-state index in [1.54, 1.807) is 12.1 Å². The highest BCUT2D eigenvalue weighted by Gasteiger charge is 2.35. The van der Waals surface area contributed by atoms with Crippen LogP contribution in [0.1, 0.15) is 27.0 Å². The number of ether oxygens (including phenoxy) is 1. The zero-order valence-corrected chi connectivity index (χ0v) is 11.2. The van der Waals surface area contributed by atoms with Gasteiger partial charge in [-0.2, -0.15) is 18.4 Å². The van der Waals surface area contributed by atoms with Crippen LogP contribution in [0.5, 0.6) is 0 Å². The third kappa shape index (κ3) is 3.64. The molecule has 0 saturated heterocycles. The van der Waals surface area contributed by atoms with Gasteiger partial charge in [0.05, 0.1) is 22.8 Å². The summed E-state index contributed by atoms with van der Waals surface area (Å²) in [6.07, 6.45) is -4.62. The Morgan fingerprint density at radius 1 is 1.09 bits per heavy atom. The highest BCUT2D eigenvalue weighted by molar-refractivity contribution is 5.91. The van der Waals surface area contributed by atoms with Crippen LogP contribution in [0, 0.1) is 11.3 Å². The summed E-state index contributed by atoms with van der Waals surface area (Å²) >= 11 is 0. The van der Waals surface area contributed by atoms with Crippen molar-refractivity contribution in [1.29, 1.82) is 5.26 Å². The minimum atomic E-state index is -4.62. The van der Waals surface area contributed by atoms with E-state index in [1.807, 2.05) is 6.07 Å². The first-order chi connectivity index (χ1) is 10.4. The summed E-state index contributed by atoms with van der Waals surface area (Å²) in [5.74, 6) is -1.04. The summed E-state index contributed by atoms with van der Waals surface area (Å²) in [4.78, 5) is 11.8. The number of carbonyl (C=O) groups is 1. The van der Waals surface area contributed by atoms with E-state index in [-0.39, 0.29) is 6.61 Å². The highest BCUT2D eigenvalue weighted by Crippen LogP contribution is 2.32. The average Bonchev–Trinajstić information content (AvgIpc) is 2.52. The molecule has 0 atom stereocenters. The summed E-state index contributed by atoms with van der Waals surface area (Å²) in [5, 5.41) is 8.66. The normalized spacial score (nSPS) is 10.8. The number of nitriles is 1. The van der Waals surface area contributed by atoms with Crippen LogP contribution in [0.25, 0.3) is 0 Å². The first-order valence-corrected chi connectivity index (χ1v) is 6.24. The van der Waals surface area contributed by atoms with Gasteiger partial charge >= 0.3 is 12.1 Å². The third-order valence-electron chi connectivity index (χ3n) is 2.91. The Labute approximate surface area is 124 Å². The molecular weight excluding hydrogens is 295 g/mol. The van der Waals surface area contributed by atoms with Gasteiger partial charge in [0.15, 0.2) is 0 Å². The molecule has 0 bridgehead atoms. The van der Waals surface area contributed by atoms with Crippen molar-refractivity contribution in [2.24, 2.45) is 0 Å². The average molecular weight is 305 g/mol. The van der Waals surface area contributed by atoms with Crippen molar-refractivity contribution in [3.63, 3.8) is 0 Å². The monoisotopic (exact) mass is 305 g/mol. The fourth-order valence-corrected chi connectivity index (χ4v) is 1.81. The summed E-state index contributed by atoms with van der Waals surface area (Å²) in [6, 6.07) is 12.6. The van der Waals surface area contributed by atoms with E-state index in [9.17, 15) is 18.0 Å². The van der Waals surface area contributed by atoms with Gasteiger partial charge < -0.3 is 4.74 Å². The number of hydrogen-bond donors (Lipinski definition) is 0. The molecule has 0 N–H and O–H groups in total. The lowest BCUT2D eigenvalue weighted by Gasteiger charge is -2.12. The van der Waals surface area contributed by atoms with E-state index in [4.69, 9.17) is 10.00 Å². The second-order valence-corrected chi connectivity index (χ2v) is 4.43. The van der Waals surface area contributed by atoms with Gasteiger partial charge in [-0.15, -0.1) is 0 Å². The quantitative estimate of drug-likeness (QED) is 0.807. The SMILES string of the molecule is N#Cc1ccc(COC(=O)c2ccccc2C(F)(F)F)cc1. The molecule has 0 unspecified atom stereocenters. The molecule has 2 rings (SSSR count). The Morgan fingerprint density at radius 3 is 2.32 bits per heavy atom. The molecule has 0 radical (unpaired) electrons. The summed E-state index contributed by atoms with van der Waals surface area (Å²) in [6.45, 7) is -0.170. The first-order valence-electron chi connectivity index (χ1n) is 6.24. The smallest absolute Gasteiger partial charge is 0.417 e. The standard InChI is InChI=1S/C16H10F3NO2/c17-16(18,19)14-4-2-1-3-13(14)15(21)22-10-12-7-5-11(9-20)6-8-12/h1-8H,10H2. The number of halogens is 3. The van der Waals surface area contributed by atoms with Gasteiger partial charge in [0.2, 0.25) is 0 Å². The molecular formula is C16H10F3NO2. The van der Waals surface area contributed by atoms with E-state index in [2.05, 4.69) is 0 Å². The van der Waals surface area contributed by atoms with Crippen LogP contribution in [0.2, 0.25) is 0 Å². The van der Waals surface area contributed by atoms with Gasteiger partial charge in [-0.05, 0) is 29.8 Å². The zero-order valence-electron chi connectivity index (χ0n) is 11.2. The molecule has 0 aromatic heterocycles. The predicted molar refractivity (Wildman–Crippen MR) is 71.7 cm³/mol. The molecule has 3 nitrogen and oxygen atoms in total. The van der Waals surface area contributed by atoms with Crippen LogP contribution in [0.15, 0.2) is 48.5 Å².